The number of phenols is 1. The second-order valence-electron chi connectivity index (χ2n) is 4.58. The van der Waals surface area contributed by atoms with E-state index in [1.54, 1.807) is 24.3 Å². The van der Waals surface area contributed by atoms with Gasteiger partial charge in [-0.3, -0.25) is 4.79 Å². The highest BCUT2D eigenvalue weighted by Gasteiger charge is 2.06. The summed E-state index contributed by atoms with van der Waals surface area (Å²) in [5.41, 5.74) is 2.71. The molecule has 2 aromatic carbocycles. The summed E-state index contributed by atoms with van der Waals surface area (Å²) in [5, 5.41) is 14.3. The molecule has 2 aromatic rings. The van der Waals surface area contributed by atoms with Gasteiger partial charge in [0, 0.05) is 16.7 Å². The van der Waals surface area contributed by atoms with Crippen molar-refractivity contribution >= 4 is 35.3 Å². The number of methoxy groups -OCH3 is 1. The lowest BCUT2D eigenvalue weighted by atomic mass is 10.2. The van der Waals surface area contributed by atoms with Crippen molar-refractivity contribution in [2.45, 2.75) is 0 Å². The summed E-state index contributed by atoms with van der Waals surface area (Å²) in [6, 6.07) is 9.39. The maximum atomic E-state index is 11.7. The number of carbonyl (C=O) groups is 1. The Balaban J connectivity index is 1.86. The number of carbonyl (C=O) groups excluding carboxylic acids is 1. The lowest BCUT2D eigenvalue weighted by Gasteiger charge is -2.07. The van der Waals surface area contributed by atoms with Crippen molar-refractivity contribution in [2.24, 2.45) is 5.10 Å². The van der Waals surface area contributed by atoms with Gasteiger partial charge in [-0.15, -0.1) is 0 Å². The molecule has 0 radical (unpaired) electrons. The molecule has 0 aliphatic heterocycles. The molecule has 0 bridgehead atoms. The first kappa shape index (κ1) is 17.9. The molecule has 0 aromatic heterocycles. The predicted octanol–water partition coefficient (Wildman–Crippen LogP) is 3.24. The Morgan fingerprint density at radius 3 is 2.75 bits per heavy atom. The van der Waals surface area contributed by atoms with E-state index in [0.29, 0.717) is 27.1 Å². The normalized spacial score (nSPS) is 10.6. The van der Waals surface area contributed by atoms with Gasteiger partial charge in [-0.2, -0.15) is 5.10 Å². The summed E-state index contributed by atoms with van der Waals surface area (Å²) in [7, 11) is 1.50. The number of rotatable bonds is 6. The Labute approximate surface area is 148 Å². The van der Waals surface area contributed by atoms with E-state index in [4.69, 9.17) is 32.7 Å². The molecule has 0 aliphatic carbocycles. The minimum absolute atomic E-state index is 0.0171. The number of hydrazone groups is 1. The van der Waals surface area contributed by atoms with Crippen LogP contribution in [0.5, 0.6) is 17.2 Å². The molecule has 0 saturated heterocycles. The highest BCUT2D eigenvalue weighted by atomic mass is 35.5. The van der Waals surface area contributed by atoms with E-state index in [2.05, 4.69) is 10.5 Å². The molecule has 0 aliphatic rings. The van der Waals surface area contributed by atoms with Crippen molar-refractivity contribution in [1.82, 2.24) is 5.43 Å². The summed E-state index contributed by atoms with van der Waals surface area (Å²) < 4.78 is 10.2. The summed E-state index contributed by atoms with van der Waals surface area (Å²) >= 11 is 11.7. The van der Waals surface area contributed by atoms with E-state index in [1.165, 1.54) is 25.5 Å². The number of phenolic OH excluding ortho intramolecular Hbond substituents is 1. The van der Waals surface area contributed by atoms with E-state index in [9.17, 15) is 9.90 Å². The summed E-state index contributed by atoms with van der Waals surface area (Å²) in [4.78, 5) is 11.7. The molecule has 126 valence electrons. The van der Waals surface area contributed by atoms with E-state index in [0.717, 1.165) is 0 Å². The number of halogens is 2. The van der Waals surface area contributed by atoms with Gasteiger partial charge in [0.15, 0.2) is 6.61 Å². The number of nitrogens with one attached hydrogen (secondary N) is 1. The standard InChI is InChI=1S/C16H14Cl2N2O4/c1-23-12-4-2-10(14(21)7-12)8-19-20-16(22)9-24-15-5-3-11(17)6-13(15)18/h2-8,21H,9H2,1H3,(H,20,22). The Morgan fingerprint density at radius 1 is 1.29 bits per heavy atom. The number of ether oxygens (including phenoxy) is 2. The maximum absolute atomic E-state index is 11.7. The van der Waals surface area contributed by atoms with Crippen molar-refractivity contribution in [2.75, 3.05) is 13.7 Å². The van der Waals surface area contributed by atoms with Gasteiger partial charge in [-0.05, 0) is 30.3 Å². The largest absolute Gasteiger partial charge is 0.507 e. The van der Waals surface area contributed by atoms with E-state index < -0.39 is 5.91 Å². The zero-order valence-electron chi connectivity index (χ0n) is 12.6. The van der Waals surface area contributed by atoms with Crippen LogP contribution in [-0.4, -0.2) is 30.9 Å². The fraction of sp³-hybridized carbons (Fsp3) is 0.125. The highest BCUT2D eigenvalue weighted by molar-refractivity contribution is 6.35. The minimum Gasteiger partial charge on any atom is -0.507 e. The Morgan fingerprint density at radius 2 is 2.08 bits per heavy atom. The molecule has 0 unspecified atom stereocenters. The topological polar surface area (TPSA) is 80.2 Å². The summed E-state index contributed by atoms with van der Waals surface area (Å²) in [6.45, 7) is -0.271. The third-order valence-electron chi connectivity index (χ3n) is 2.88. The van der Waals surface area contributed by atoms with Crippen LogP contribution in [0.2, 0.25) is 10.0 Å². The average molecular weight is 369 g/mol. The van der Waals surface area contributed by atoms with Gasteiger partial charge in [-0.25, -0.2) is 5.43 Å². The number of hydrogen-bond acceptors (Lipinski definition) is 5. The molecule has 0 spiro atoms. The number of aromatic hydroxyl groups is 1. The van der Waals surface area contributed by atoms with Gasteiger partial charge in [0.2, 0.25) is 0 Å². The number of benzene rings is 2. The quantitative estimate of drug-likeness (QED) is 0.605. The minimum atomic E-state index is -0.481. The van der Waals surface area contributed by atoms with Crippen molar-refractivity contribution in [1.29, 1.82) is 0 Å². The van der Waals surface area contributed by atoms with Gasteiger partial charge < -0.3 is 14.6 Å². The lowest BCUT2D eigenvalue weighted by Crippen LogP contribution is -2.24. The number of nitrogens with zero attached hydrogens (tertiary/aromatic N) is 1. The maximum Gasteiger partial charge on any atom is 0.277 e. The molecule has 2 rings (SSSR count). The molecule has 0 fully saturated rings. The molecule has 0 heterocycles. The second-order valence-corrected chi connectivity index (χ2v) is 5.42. The van der Waals surface area contributed by atoms with Gasteiger partial charge in [0.25, 0.3) is 5.91 Å². The van der Waals surface area contributed by atoms with Crippen LogP contribution in [0.1, 0.15) is 5.56 Å². The summed E-state index contributed by atoms with van der Waals surface area (Å²) in [5.74, 6) is 0.358. The monoisotopic (exact) mass is 368 g/mol. The fourth-order valence-corrected chi connectivity index (χ4v) is 2.16. The van der Waals surface area contributed by atoms with Gasteiger partial charge in [0.05, 0.1) is 18.3 Å². The van der Waals surface area contributed by atoms with Crippen LogP contribution >= 0.6 is 23.2 Å². The molecular weight excluding hydrogens is 355 g/mol. The third-order valence-corrected chi connectivity index (χ3v) is 3.41. The molecule has 0 atom stereocenters. The SMILES string of the molecule is COc1ccc(C=NNC(=O)COc2ccc(Cl)cc2Cl)c(O)c1. The fourth-order valence-electron chi connectivity index (χ4n) is 1.70. The third kappa shape index (κ3) is 5.04. The first-order valence-electron chi connectivity index (χ1n) is 6.76. The molecule has 0 saturated carbocycles. The van der Waals surface area contributed by atoms with Crippen molar-refractivity contribution in [3.05, 3.63) is 52.0 Å². The van der Waals surface area contributed by atoms with Crippen molar-refractivity contribution in [3.8, 4) is 17.2 Å². The van der Waals surface area contributed by atoms with Gasteiger partial charge >= 0.3 is 0 Å². The van der Waals surface area contributed by atoms with E-state index >= 15 is 0 Å². The molecular formula is C16H14Cl2N2O4. The summed E-state index contributed by atoms with van der Waals surface area (Å²) in [6.07, 6.45) is 1.31. The van der Waals surface area contributed by atoms with Gasteiger partial charge in [0.1, 0.15) is 17.2 Å². The van der Waals surface area contributed by atoms with Crippen LogP contribution in [0, 0.1) is 0 Å². The number of amides is 1. The Hall–Kier alpha value is -2.44. The highest BCUT2D eigenvalue weighted by Crippen LogP contribution is 2.27. The lowest BCUT2D eigenvalue weighted by molar-refractivity contribution is -0.123. The average Bonchev–Trinajstić information content (AvgIpc) is 2.55. The molecule has 24 heavy (non-hydrogen) atoms. The first-order valence-corrected chi connectivity index (χ1v) is 7.52. The van der Waals surface area contributed by atoms with Crippen LogP contribution in [-0.2, 0) is 4.79 Å². The van der Waals surface area contributed by atoms with Crippen LogP contribution in [0.15, 0.2) is 41.5 Å². The molecule has 2 N–H and O–H groups in total. The second kappa shape index (κ2) is 8.42. The predicted molar refractivity (Wildman–Crippen MR) is 92.4 cm³/mol. The van der Waals surface area contributed by atoms with Crippen LogP contribution in [0.25, 0.3) is 0 Å². The zero-order chi connectivity index (χ0) is 17.5. The van der Waals surface area contributed by atoms with Crippen LogP contribution in [0.3, 0.4) is 0 Å². The van der Waals surface area contributed by atoms with E-state index in [1.807, 2.05) is 0 Å². The van der Waals surface area contributed by atoms with Crippen molar-refractivity contribution < 1.29 is 19.4 Å². The smallest absolute Gasteiger partial charge is 0.277 e. The van der Waals surface area contributed by atoms with Crippen LogP contribution in [0.4, 0.5) is 0 Å². The van der Waals surface area contributed by atoms with Gasteiger partial charge in [-0.1, -0.05) is 23.2 Å². The first-order chi connectivity index (χ1) is 11.5. The Bertz CT molecular complexity index is 766. The molecule has 8 heteroatoms. The van der Waals surface area contributed by atoms with Crippen LogP contribution < -0.4 is 14.9 Å². The zero-order valence-corrected chi connectivity index (χ0v) is 14.1. The molecule has 1 amide bonds. The van der Waals surface area contributed by atoms with Crippen molar-refractivity contribution in [3.63, 3.8) is 0 Å². The molecule has 6 nitrogen and oxygen atoms in total. The van der Waals surface area contributed by atoms with E-state index in [-0.39, 0.29) is 12.4 Å². The Kier molecular flexibility index (Phi) is 6.28. The number of hydrogen-bond donors (Lipinski definition) is 2.